The second-order valence-corrected chi connectivity index (χ2v) is 11.7. The summed E-state index contributed by atoms with van der Waals surface area (Å²) in [5, 5.41) is 10.3. The molecule has 4 aromatic heterocycles. The highest BCUT2D eigenvalue weighted by Crippen LogP contribution is 2.47. The summed E-state index contributed by atoms with van der Waals surface area (Å²) < 4.78 is 55.2. The Morgan fingerprint density at radius 1 is 1.19 bits per heavy atom. The number of aromatic nitrogens is 6. The first-order chi connectivity index (χ1) is 22.2. The Hall–Kier alpha value is -4.49. The second-order valence-electron chi connectivity index (χ2n) is 11.7. The highest BCUT2D eigenvalue weighted by Gasteiger charge is 2.54. The summed E-state index contributed by atoms with van der Waals surface area (Å²) in [5.74, 6) is 0.382. The predicted octanol–water partition coefficient (Wildman–Crippen LogP) is 3.09. The number of nitrogens with zero attached hydrogens (tertiary/aromatic N) is 6. The number of aryl methyl sites for hydroxylation is 1. The fraction of sp³-hybridized carbons (Fsp3) is 0.517. The Balaban J connectivity index is 1.28. The van der Waals surface area contributed by atoms with Gasteiger partial charge < -0.3 is 21.1 Å². The highest BCUT2D eigenvalue weighted by atomic mass is 19.1. The minimum Gasteiger partial charge on any atom is -0.453 e. The van der Waals surface area contributed by atoms with E-state index in [4.69, 9.17) is 21.3 Å². The van der Waals surface area contributed by atoms with Crippen LogP contribution in [0.3, 0.4) is 0 Å². The van der Waals surface area contributed by atoms with E-state index in [9.17, 15) is 18.8 Å². The predicted molar refractivity (Wildman–Crippen MR) is 155 cm³/mol. The van der Waals surface area contributed by atoms with E-state index >= 15 is 0 Å². The number of rotatable bonds is 7. The second kappa shape index (κ2) is 10.1. The summed E-state index contributed by atoms with van der Waals surface area (Å²) in [7, 11) is 1.19. The van der Waals surface area contributed by atoms with Crippen molar-refractivity contribution in [3.05, 3.63) is 46.4 Å². The number of primary amides is 1. The average Bonchev–Trinajstić information content (AvgIpc) is 3.60. The van der Waals surface area contributed by atoms with Crippen LogP contribution in [0.25, 0.3) is 16.6 Å². The van der Waals surface area contributed by atoms with Gasteiger partial charge >= 0.3 is 11.8 Å². The summed E-state index contributed by atoms with van der Waals surface area (Å²) >= 11 is 0. The Morgan fingerprint density at radius 2 is 2.00 bits per heavy atom. The maximum absolute atomic E-state index is 14.2. The normalized spacial score (nSPS) is 28.8. The third kappa shape index (κ3) is 4.33. The number of nitrogens with one attached hydrogen (secondary N) is 2. The van der Waals surface area contributed by atoms with E-state index in [-0.39, 0.29) is 48.5 Å². The number of fused-ring (bicyclic) bond motifs is 2. The van der Waals surface area contributed by atoms with E-state index in [1.165, 1.54) is 23.9 Å². The maximum Gasteiger partial charge on any atom is 0.407 e. The van der Waals surface area contributed by atoms with Crippen molar-refractivity contribution >= 4 is 40.2 Å². The third-order valence-electron chi connectivity index (χ3n) is 9.16. The number of hydrogen-bond donors (Lipinski definition) is 3. The summed E-state index contributed by atoms with van der Waals surface area (Å²) in [6, 6.07) is 3.06. The van der Waals surface area contributed by atoms with E-state index in [2.05, 4.69) is 20.4 Å². The van der Waals surface area contributed by atoms with E-state index in [0.29, 0.717) is 28.1 Å². The van der Waals surface area contributed by atoms with Crippen molar-refractivity contribution in [3.63, 3.8) is 0 Å². The van der Waals surface area contributed by atoms with Gasteiger partial charge in [-0.25, -0.2) is 28.5 Å². The lowest BCUT2D eigenvalue weighted by Gasteiger charge is -2.39. The maximum atomic E-state index is 14.2. The molecule has 2 amide bonds. The Bertz CT molecular complexity index is 1980. The summed E-state index contributed by atoms with van der Waals surface area (Å²) in [6.07, 6.45) is 2.73. The molecule has 7 rings (SSSR count). The lowest BCUT2D eigenvalue weighted by molar-refractivity contribution is -0.129. The van der Waals surface area contributed by atoms with Crippen LogP contribution < -0.4 is 22.1 Å². The largest absolute Gasteiger partial charge is 0.453 e. The molecule has 0 aliphatic heterocycles. The first-order valence-corrected chi connectivity index (χ1v) is 14.3. The lowest BCUT2D eigenvalue weighted by atomic mass is 9.66. The molecule has 0 aromatic carbocycles. The summed E-state index contributed by atoms with van der Waals surface area (Å²) in [6.45, 7) is -2.81. The topological polar surface area (TPSA) is 163 Å². The summed E-state index contributed by atoms with van der Waals surface area (Å²) in [4.78, 5) is 47.3. The zero-order valence-corrected chi connectivity index (χ0v) is 23.5. The van der Waals surface area contributed by atoms with Gasteiger partial charge in [-0.3, -0.25) is 13.9 Å². The van der Waals surface area contributed by atoms with E-state index in [1.807, 2.05) is 6.07 Å². The highest BCUT2D eigenvalue weighted by molar-refractivity contribution is 5.87. The zero-order chi connectivity index (χ0) is 33.5. The number of amides is 2. The van der Waals surface area contributed by atoms with Crippen molar-refractivity contribution in [2.75, 3.05) is 12.4 Å². The molecule has 0 saturated heterocycles. The number of methoxy groups -OCH3 is 1. The van der Waals surface area contributed by atoms with Crippen molar-refractivity contribution in [1.82, 2.24) is 34.0 Å². The van der Waals surface area contributed by atoms with Gasteiger partial charge in [-0.2, -0.15) is 0 Å². The van der Waals surface area contributed by atoms with Gasteiger partial charge in [0.15, 0.2) is 5.82 Å². The molecule has 4 N–H and O–H groups in total. The van der Waals surface area contributed by atoms with Crippen LogP contribution >= 0.6 is 0 Å². The molecule has 13 nitrogen and oxygen atoms in total. The molecule has 4 aromatic rings. The molecular weight excluding hydrogens is 557 g/mol. The number of carbonyl (C=O) groups excluding carboxylic acids is 2. The van der Waals surface area contributed by atoms with Gasteiger partial charge in [0, 0.05) is 48.0 Å². The lowest BCUT2D eigenvalue weighted by Crippen LogP contribution is -2.53. The van der Waals surface area contributed by atoms with Gasteiger partial charge in [0.05, 0.1) is 36.9 Å². The smallest absolute Gasteiger partial charge is 0.407 e. The minimum atomic E-state index is -2.81. The van der Waals surface area contributed by atoms with Gasteiger partial charge in [0.25, 0.3) is 0 Å². The minimum absolute atomic E-state index is 0.0412. The van der Waals surface area contributed by atoms with Crippen LogP contribution in [0.4, 0.5) is 20.8 Å². The first-order valence-electron chi connectivity index (χ1n) is 16.3. The van der Waals surface area contributed by atoms with Crippen LogP contribution in [0.5, 0.6) is 0 Å². The quantitative estimate of drug-likeness (QED) is 0.293. The van der Waals surface area contributed by atoms with Gasteiger partial charge in [0.1, 0.15) is 23.2 Å². The SMILES string of the molecule is [2H]C1(NC(=O)OC)CCC(n2c(=O)n(C([2H])([2H])[2H])c3cnc(Nc4ccc5c(C6CCC6)nc(C6(C(N)=O)CC(F)C6)n5n4)cc32)C1. The zero-order valence-electron chi connectivity index (χ0n) is 27.5. The molecule has 0 spiro atoms. The van der Waals surface area contributed by atoms with Crippen LogP contribution in [-0.2, 0) is 21.9 Å². The molecule has 0 bridgehead atoms. The Morgan fingerprint density at radius 3 is 2.67 bits per heavy atom. The number of anilines is 2. The molecule has 4 heterocycles. The molecule has 3 saturated carbocycles. The molecule has 3 fully saturated rings. The number of pyridine rings is 1. The number of nitrogens with two attached hydrogens (primary N) is 1. The fourth-order valence-corrected chi connectivity index (χ4v) is 6.57. The monoisotopic (exact) mass is 595 g/mol. The van der Waals surface area contributed by atoms with Crippen molar-refractivity contribution in [2.24, 2.45) is 12.7 Å². The van der Waals surface area contributed by atoms with Crippen LogP contribution in [0.2, 0.25) is 0 Å². The molecule has 3 aliphatic carbocycles. The molecule has 43 heavy (non-hydrogen) atoms. The van der Waals surface area contributed by atoms with Gasteiger partial charge in [0.2, 0.25) is 5.91 Å². The fourth-order valence-electron chi connectivity index (χ4n) is 6.57. The molecule has 3 aliphatic rings. The molecule has 2 atom stereocenters. The molecule has 0 radical (unpaired) electrons. The number of imidazole rings is 2. The molecule has 14 heteroatoms. The van der Waals surface area contributed by atoms with Gasteiger partial charge in [-0.15, -0.1) is 5.10 Å². The number of ether oxygens (including phenoxy) is 1. The number of hydrogen-bond acceptors (Lipinski definition) is 8. The standard InChI is InChI=1S/C29H34FN9O4/c1-37-21-14-32-23(11-20(21)38(28(37)42)18-7-6-17(10-18)33-27(41)43-2)34-22-9-8-19-24(15-4-3-5-15)35-26(39(19)36-22)29(25(31)40)12-16(30)13-29/h8-9,11,14-18H,3-7,10,12-13H2,1-2H3,(H2,31,40)(H,33,41)(H,32,34,36)/i1D3,17D. The van der Waals surface area contributed by atoms with Crippen molar-refractivity contribution in [1.29, 1.82) is 0 Å². The van der Waals surface area contributed by atoms with Crippen LogP contribution in [0.15, 0.2) is 29.2 Å². The van der Waals surface area contributed by atoms with E-state index in [1.54, 1.807) is 10.6 Å². The molecular formula is C29H34FN9O4. The molecule has 2 unspecified atom stereocenters. The summed E-state index contributed by atoms with van der Waals surface area (Å²) in [5.41, 5.74) is 5.57. The number of carbonyl (C=O) groups is 2. The van der Waals surface area contributed by atoms with Crippen LogP contribution in [0.1, 0.15) is 80.3 Å². The molecule has 226 valence electrons. The first kappa shape index (κ1) is 23.0. The Labute approximate surface area is 251 Å². The number of alkyl halides is 1. The third-order valence-corrected chi connectivity index (χ3v) is 9.16. The van der Waals surface area contributed by atoms with E-state index < -0.39 is 48.3 Å². The number of alkyl carbamates (subject to hydrolysis) is 1. The average molecular weight is 596 g/mol. The van der Waals surface area contributed by atoms with E-state index in [0.717, 1.165) is 25.0 Å². The number of halogens is 1. The Kier molecular flexibility index (Phi) is 5.39. The van der Waals surface area contributed by atoms with Crippen molar-refractivity contribution < 1.29 is 24.2 Å². The van der Waals surface area contributed by atoms with Crippen LogP contribution in [0, 0.1) is 0 Å². The van der Waals surface area contributed by atoms with Crippen molar-refractivity contribution in [2.45, 2.75) is 80.9 Å². The van der Waals surface area contributed by atoms with Crippen LogP contribution in [-0.4, -0.2) is 60.0 Å². The van der Waals surface area contributed by atoms with Gasteiger partial charge in [-0.05, 0) is 44.2 Å². The van der Waals surface area contributed by atoms with Gasteiger partial charge in [-0.1, -0.05) is 6.42 Å². The van der Waals surface area contributed by atoms with Crippen molar-refractivity contribution in [3.8, 4) is 0 Å².